The molecule has 1 saturated heterocycles. The minimum absolute atomic E-state index is 0.299. The highest BCUT2D eigenvalue weighted by Gasteiger charge is 2.27. The molecule has 1 aliphatic heterocycles. The minimum Gasteiger partial charge on any atom is -0.381 e. The Hall–Kier alpha value is -0.120. The maximum absolute atomic E-state index is 5.64. The molecule has 0 amide bonds. The highest BCUT2D eigenvalue weighted by Crippen LogP contribution is 2.21. The first-order valence-corrected chi connectivity index (χ1v) is 5.66. The van der Waals surface area contributed by atoms with Gasteiger partial charge in [0.05, 0.1) is 6.10 Å². The van der Waals surface area contributed by atoms with Gasteiger partial charge >= 0.3 is 0 Å². The van der Waals surface area contributed by atoms with Crippen LogP contribution in [0, 0.1) is 5.92 Å². The van der Waals surface area contributed by atoms with Gasteiger partial charge in [-0.15, -0.1) is 0 Å². The van der Waals surface area contributed by atoms with E-state index in [4.69, 9.17) is 9.47 Å². The zero-order valence-electron chi connectivity index (χ0n) is 9.58. The van der Waals surface area contributed by atoms with Gasteiger partial charge in [-0.3, -0.25) is 0 Å². The van der Waals surface area contributed by atoms with Crippen molar-refractivity contribution in [1.82, 2.24) is 5.32 Å². The monoisotopic (exact) mass is 201 g/mol. The van der Waals surface area contributed by atoms with Crippen LogP contribution in [0.5, 0.6) is 0 Å². The van der Waals surface area contributed by atoms with Gasteiger partial charge in [-0.25, -0.2) is 0 Å². The molecule has 1 aliphatic rings. The van der Waals surface area contributed by atoms with Gasteiger partial charge in [0.1, 0.15) is 0 Å². The highest BCUT2D eigenvalue weighted by atomic mass is 16.5. The summed E-state index contributed by atoms with van der Waals surface area (Å²) in [5.74, 6) is 0.704. The normalized spacial score (nSPS) is 23.4. The molecular formula is C11H23NO2. The topological polar surface area (TPSA) is 30.5 Å². The van der Waals surface area contributed by atoms with E-state index in [-0.39, 0.29) is 0 Å². The molecule has 0 bridgehead atoms. The van der Waals surface area contributed by atoms with E-state index in [1.807, 2.05) is 14.0 Å². The highest BCUT2D eigenvalue weighted by molar-refractivity contribution is 4.82. The molecule has 1 N–H and O–H groups in total. The van der Waals surface area contributed by atoms with E-state index in [1.54, 1.807) is 0 Å². The van der Waals surface area contributed by atoms with Crippen molar-refractivity contribution in [3.8, 4) is 0 Å². The smallest absolute Gasteiger partial charge is 0.0702 e. The SMILES string of the molecule is CCOC(C)C(NC)C1CCOCC1. The van der Waals surface area contributed by atoms with E-state index in [0.29, 0.717) is 18.1 Å². The van der Waals surface area contributed by atoms with Gasteiger partial charge in [-0.1, -0.05) is 0 Å². The van der Waals surface area contributed by atoms with Crippen LogP contribution in [-0.4, -0.2) is 39.0 Å². The Morgan fingerprint density at radius 1 is 1.43 bits per heavy atom. The Bertz CT molecular complexity index is 146. The number of likely N-dealkylation sites (N-methyl/N-ethyl adjacent to an activating group) is 1. The van der Waals surface area contributed by atoms with Crippen molar-refractivity contribution in [3.63, 3.8) is 0 Å². The summed E-state index contributed by atoms with van der Waals surface area (Å²) in [6.07, 6.45) is 2.61. The molecule has 0 radical (unpaired) electrons. The number of rotatable bonds is 5. The predicted octanol–water partition coefficient (Wildman–Crippen LogP) is 1.43. The fourth-order valence-corrected chi connectivity index (χ4v) is 2.30. The van der Waals surface area contributed by atoms with Crippen molar-refractivity contribution >= 4 is 0 Å². The van der Waals surface area contributed by atoms with Crippen molar-refractivity contribution in [1.29, 1.82) is 0 Å². The molecule has 0 saturated carbocycles. The summed E-state index contributed by atoms with van der Waals surface area (Å²) in [6.45, 7) is 6.80. The van der Waals surface area contributed by atoms with E-state index >= 15 is 0 Å². The van der Waals surface area contributed by atoms with Crippen LogP contribution in [0.25, 0.3) is 0 Å². The lowest BCUT2D eigenvalue weighted by Gasteiger charge is -2.33. The van der Waals surface area contributed by atoms with Crippen molar-refractivity contribution in [2.75, 3.05) is 26.9 Å². The molecule has 0 aromatic rings. The summed E-state index contributed by atoms with van der Waals surface area (Å²) in [4.78, 5) is 0. The summed E-state index contributed by atoms with van der Waals surface area (Å²) in [7, 11) is 2.02. The average Bonchev–Trinajstić information content (AvgIpc) is 2.21. The van der Waals surface area contributed by atoms with Crippen LogP contribution in [0.1, 0.15) is 26.7 Å². The van der Waals surface area contributed by atoms with Gasteiger partial charge in [0, 0.05) is 25.9 Å². The van der Waals surface area contributed by atoms with Crippen molar-refractivity contribution < 1.29 is 9.47 Å². The second-order valence-corrected chi connectivity index (χ2v) is 3.92. The summed E-state index contributed by atoms with van der Waals surface area (Å²) in [5, 5.41) is 3.38. The van der Waals surface area contributed by atoms with Crippen LogP contribution in [0.2, 0.25) is 0 Å². The summed E-state index contributed by atoms with van der Waals surface area (Å²) in [5.41, 5.74) is 0. The molecular weight excluding hydrogens is 178 g/mol. The molecule has 3 heteroatoms. The third kappa shape index (κ3) is 3.23. The fraction of sp³-hybridized carbons (Fsp3) is 1.00. The van der Waals surface area contributed by atoms with Crippen LogP contribution in [0.3, 0.4) is 0 Å². The minimum atomic E-state index is 0.299. The number of hydrogen-bond acceptors (Lipinski definition) is 3. The zero-order chi connectivity index (χ0) is 10.4. The molecule has 14 heavy (non-hydrogen) atoms. The van der Waals surface area contributed by atoms with Crippen molar-refractivity contribution in [2.45, 2.75) is 38.8 Å². The van der Waals surface area contributed by atoms with E-state index in [1.165, 1.54) is 0 Å². The Kier molecular flexibility index (Phi) is 5.45. The van der Waals surface area contributed by atoms with Gasteiger partial charge < -0.3 is 14.8 Å². The molecule has 84 valence electrons. The maximum atomic E-state index is 5.64. The molecule has 3 nitrogen and oxygen atoms in total. The Morgan fingerprint density at radius 3 is 2.57 bits per heavy atom. The van der Waals surface area contributed by atoms with E-state index in [9.17, 15) is 0 Å². The van der Waals surface area contributed by atoms with Crippen LogP contribution in [0.4, 0.5) is 0 Å². The first kappa shape index (κ1) is 12.0. The van der Waals surface area contributed by atoms with E-state index < -0.39 is 0 Å². The van der Waals surface area contributed by atoms with Crippen LogP contribution < -0.4 is 5.32 Å². The fourth-order valence-electron chi connectivity index (χ4n) is 2.30. The van der Waals surface area contributed by atoms with Crippen molar-refractivity contribution in [2.24, 2.45) is 5.92 Å². The van der Waals surface area contributed by atoms with E-state index in [2.05, 4.69) is 12.2 Å². The molecule has 0 aromatic carbocycles. The molecule has 0 aliphatic carbocycles. The van der Waals surface area contributed by atoms with Crippen LogP contribution in [0.15, 0.2) is 0 Å². The quantitative estimate of drug-likeness (QED) is 0.730. The Labute approximate surface area is 87.2 Å². The third-order valence-electron chi connectivity index (χ3n) is 3.04. The second kappa shape index (κ2) is 6.38. The lowest BCUT2D eigenvalue weighted by molar-refractivity contribution is -0.00196. The van der Waals surface area contributed by atoms with E-state index in [0.717, 1.165) is 32.7 Å². The lowest BCUT2D eigenvalue weighted by atomic mass is 9.89. The summed E-state index contributed by atoms with van der Waals surface area (Å²) >= 11 is 0. The maximum Gasteiger partial charge on any atom is 0.0702 e. The first-order chi connectivity index (χ1) is 6.79. The molecule has 2 atom stereocenters. The van der Waals surface area contributed by atoms with Gasteiger partial charge in [-0.2, -0.15) is 0 Å². The lowest BCUT2D eigenvalue weighted by Crippen LogP contribution is -2.45. The largest absolute Gasteiger partial charge is 0.381 e. The van der Waals surface area contributed by atoms with Crippen molar-refractivity contribution in [3.05, 3.63) is 0 Å². The van der Waals surface area contributed by atoms with Gasteiger partial charge in [0.2, 0.25) is 0 Å². The molecule has 1 fully saturated rings. The Balaban J connectivity index is 2.41. The standard InChI is InChI=1S/C11H23NO2/c1-4-14-9(2)11(12-3)10-5-7-13-8-6-10/h9-12H,4-8H2,1-3H3. The molecule has 1 heterocycles. The van der Waals surface area contributed by atoms with Crippen LogP contribution >= 0.6 is 0 Å². The predicted molar refractivity (Wildman–Crippen MR) is 57.5 cm³/mol. The zero-order valence-corrected chi connectivity index (χ0v) is 9.58. The Morgan fingerprint density at radius 2 is 2.07 bits per heavy atom. The first-order valence-electron chi connectivity index (χ1n) is 5.66. The average molecular weight is 201 g/mol. The molecule has 0 aromatic heterocycles. The second-order valence-electron chi connectivity index (χ2n) is 3.92. The van der Waals surface area contributed by atoms with Crippen LogP contribution in [-0.2, 0) is 9.47 Å². The third-order valence-corrected chi connectivity index (χ3v) is 3.04. The van der Waals surface area contributed by atoms with Gasteiger partial charge in [0.25, 0.3) is 0 Å². The molecule has 2 unspecified atom stereocenters. The van der Waals surface area contributed by atoms with Gasteiger partial charge in [-0.05, 0) is 39.7 Å². The number of ether oxygens (including phenoxy) is 2. The summed E-state index contributed by atoms with van der Waals surface area (Å²) in [6, 6.07) is 0.471. The summed E-state index contributed by atoms with van der Waals surface area (Å²) < 4.78 is 11.0. The number of nitrogens with one attached hydrogen (secondary N) is 1. The van der Waals surface area contributed by atoms with Gasteiger partial charge in [0.15, 0.2) is 0 Å². The molecule has 1 rings (SSSR count). The molecule has 0 spiro atoms. The number of hydrogen-bond donors (Lipinski definition) is 1.